The molecule has 0 aromatic rings. The van der Waals surface area contributed by atoms with Crippen LogP contribution in [0.2, 0.25) is 0 Å². The minimum absolute atomic E-state index is 0. The van der Waals surface area contributed by atoms with Crippen LogP contribution in [0.3, 0.4) is 0 Å². The van der Waals surface area contributed by atoms with E-state index in [1.165, 1.54) is 5.57 Å². The van der Waals surface area contributed by atoms with Crippen LogP contribution in [0, 0.1) is 19.8 Å². The molecule has 0 atom stereocenters. The van der Waals surface area contributed by atoms with Gasteiger partial charge in [0.25, 0.3) is 0 Å². The number of hydrogen-bond acceptors (Lipinski definition) is 2. The molecule has 1 N–H and O–H groups in total. The van der Waals surface area contributed by atoms with Crippen molar-refractivity contribution in [2.75, 3.05) is 7.05 Å². The van der Waals surface area contributed by atoms with Crippen LogP contribution < -0.4 is 5.32 Å². The van der Waals surface area contributed by atoms with Crippen LogP contribution in [0.1, 0.15) is 39.5 Å². The molecule has 0 amide bonds. The van der Waals surface area contributed by atoms with Crippen molar-refractivity contribution in [3.8, 4) is 0 Å². The first-order valence-electron chi connectivity index (χ1n) is 6.92. The standard InChI is InChI=1S/C16H27NO.Y/c1-6-9-16(13(7-2)8-3)12(4)18-15-10-14(11-15)17-5;/h6,9,13-15,17H,2-3,7-8,10-11H2,1,4-5H3;/q-2;/b9-6-,16-12-;. The van der Waals surface area contributed by atoms with E-state index in [2.05, 4.69) is 38.2 Å². The van der Waals surface area contributed by atoms with Crippen LogP contribution in [0.5, 0.6) is 0 Å². The summed E-state index contributed by atoms with van der Waals surface area (Å²) in [5.74, 6) is 1.45. The molecule has 0 aromatic heterocycles. The van der Waals surface area contributed by atoms with Gasteiger partial charge in [-0.05, 0) is 39.3 Å². The smallest absolute Gasteiger partial charge is 0.101 e. The first-order chi connectivity index (χ1) is 8.65. The predicted octanol–water partition coefficient (Wildman–Crippen LogP) is 3.67. The summed E-state index contributed by atoms with van der Waals surface area (Å²) < 4.78 is 6.05. The molecular formula is C16H27NOY-2. The monoisotopic (exact) mass is 338 g/mol. The Bertz CT molecular complexity index is 302. The molecule has 0 heterocycles. The second kappa shape index (κ2) is 10.1. The summed E-state index contributed by atoms with van der Waals surface area (Å²) in [5.41, 5.74) is 1.26. The third-order valence-electron chi connectivity index (χ3n) is 3.74. The first-order valence-corrected chi connectivity index (χ1v) is 6.92. The quantitative estimate of drug-likeness (QED) is 0.434. The van der Waals surface area contributed by atoms with E-state index < -0.39 is 0 Å². The molecule has 1 aliphatic carbocycles. The van der Waals surface area contributed by atoms with Crippen LogP contribution in [-0.2, 0) is 37.4 Å². The summed E-state index contributed by atoms with van der Waals surface area (Å²) >= 11 is 0. The molecule has 1 saturated carbocycles. The van der Waals surface area contributed by atoms with Crippen molar-refractivity contribution in [2.24, 2.45) is 5.92 Å². The molecule has 3 heteroatoms. The molecule has 0 aliphatic heterocycles. The number of ether oxygens (including phenoxy) is 1. The van der Waals surface area contributed by atoms with Gasteiger partial charge in [-0.2, -0.15) is 12.8 Å². The van der Waals surface area contributed by atoms with E-state index in [0.717, 1.165) is 31.4 Å². The Morgan fingerprint density at radius 3 is 2.37 bits per heavy atom. The van der Waals surface area contributed by atoms with E-state index in [9.17, 15) is 0 Å². The summed E-state index contributed by atoms with van der Waals surface area (Å²) in [6, 6.07) is 0.629. The summed E-state index contributed by atoms with van der Waals surface area (Å²) in [5, 5.41) is 3.27. The van der Waals surface area contributed by atoms with Gasteiger partial charge in [-0.15, -0.1) is 0 Å². The summed E-state index contributed by atoms with van der Waals surface area (Å²) in [7, 11) is 2.01. The van der Waals surface area contributed by atoms with E-state index in [4.69, 9.17) is 4.74 Å². The van der Waals surface area contributed by atoms with Crippen molar-refractivity contribution in [1.29, 1.82) is 0 Å². The normalized spacial score (nSPS) is 23.9. The molecule has 0 aromatic carbocycles. The SMILES string of the molecule is [CH2-]CC(C[CH2-])C(/C=C\C)=C(/C)OC1CC(NC)C1.[Y]. The maximum absolute atomic E-state index is 6.05. The van der Waals surface area contributed by atoms with Crippen molar-refractivity contribution in [2.45, 2.75) is 51.7 Å². The Morgan fingerprint density at radius 1 is 1.37 bits per heavy atom. The van der Waals surface area contributed by atoms with Gasteiger partial charge < -0.3 is 23.9 Å². The molecular weight excluding hydrogens is 311 g/mol. The van der Waals surface area contributed by atoms with Gasteiger partial charge in [0.05, 0.1) is 5.76 Å². The third-order valence-corrected chi connectivity index (χ3v) is 3.74. The van der Waals surface area contributed by atoms with Crippen LogP contribution in [0.15, 0.2) is 23.5 Å². The van der Waals surface area contributed by atoms with E-state index in [-0.39, 0.29) is 32.7 Å². The average Bonchev–Trinajstić information content (AvgIpc) is 2.33. The van der Waals surface area contributed by atoms with Gasteiger partial charge in [0.2, 0.25) is 0 Å². The third kappa shape index (κ3) is 5.69. The molecule has 0 spiro atoms. The van der Waals surface area contributed by atoms with Crippen LogP contribution >= 0.6 is 0 Å². The van der Waals surface area contributed by atoms with Crippen molar-refractivity contribution >= 4 is 0 Å². The minimum atomic E-state index is 0. The molecule has 0 saturated heterocycles. The maximum Gasteiger partial charge on any atom is 0.101 e. The van der Waals surface area contributed by atoms with E-state index in [1.54, 1.807) is 0 Å². The van der Waals surface area contributed by atoms with Gasteiger partial charge in [-0.1, -0.05) is 18.1 Å². The minimum Gasteiger partial charge on any atom is -0.495 e. The molecule has 1 rings (SSSR count). The van der Waals surface area contributed by atoms with E-state index in [0.29, 0.717) is 18.1 Å². The Labute approximate surface area is 144 Å². The largest absolute Gasteiger partial charge is 0.495 e. The predicted molar refractivity (Wildman–Crippen MR) is 77.9 cm³/mol. The molecule has 1 aliphatic rings. The maximum atomic E-state index is 6.05. The van der Waals surface area contributed by atoms with E-state index in [1.807, 2.05) is 14.0 Å². The molecule has 0 bridgehead atoms. The van der Waals surface area contributed by atoms with Crippen molar-refractivity contribution in [3.63, 3.8) is 0 Å². The molecule has 107 valence electrons. The van der Waals surface area contributed by atoms with Gasteiger partial charge in [-0.3, -0.25) is 0 Å². The number of nitrogens with one attached hydrogen (secondary N) is 1. The van der Waals surface area contributed by atoms with Gasteiger partial charge in [-0.25, -0.2) is 0 Å². The Morgan fingerprint density at radius 2 is 1.95 bits per heavy atom. The van der Waals surface area contributed by atoms with E-state index >= 15 is 0 Å². The van der Waals surface area contributed by atoms with Crippen molar-refractivity contribution < 1.29 is 37.4 Å². The Kier molecular flexibility index (Phi) is 10.3. The molecule has 0 unspecified atom stereocenters. The first kappa shape index (κ1) is 19.3. The number of rotatable bonds is 7. The number of allylic oxidation sites excluding steroid dienone is 4. The van der Waals surface area contributed by atoms with Crippen molar-refractivity contribution in [3.05, 3.63) is 37.3 Å². The second-order valence-electron chi connectivity index (χ2n) is 4.98. The topological polar surface area (TPSA) is 21.3 Å². The fraction of sp³-hybridized carbons (Fsp3) is 0.625. The average molecular weight is 338 g/mol. The Balaban J connectivity index is 0.00000324. The fourth-order valence-electron chi connectivity index (χ4n) is 2.39. The summed E-state index contributed by atoms with van der Waals surface area (Å²) in [4.78, 5) is 0. The van der Waals surface area contributed by atoms with Crippen LogP contribution in [0.25, 0.3) is 0 Å². The molecule has 19 heavy (non-hydrogen) atoms. The second-order valence-corrected chi connectivity index (χ2v) is 4.98. The zero-order chi connectivity index (χ0) is 13.5. The van der Waals surface area contributed by atoms with Gasteiger partial charge in [0.1, 0.15) is 6.10 Å². The Hall–Kier alpha value is 0.344. The van der Waals surface area contributed by atoms with Crippen molar-refractivity contribution in [1.82, 2.24) is 5.32 Å². The summed E-state index contributed by atoms with van der Waals surface area (Å²) in [6.45, 7) is 12.1. The molecule has 1 fully saturated rings. The van der Waals surface area contributed by atoms with Crippen LogP contribution in [-0.4, -0.2) is 19.2 Å². The van der Waals surface area contributed by atoms with Gasteiger partial charge in [0, 0.05) is 38.8 Å². The fourth-order valence-corrected chi connectivity index (χ4v) is 2.39. The van der Waals surface area contributed by atoms with Gasteiger partial charge in [0.15, 0.2) is 0 Å². The molecule has 2 nitrogen and oxygen atoms in total. The number of hydrogen-bond donors (Lipinski definition) is 1. The van der Waals surface area contributed by atoms with Crippen LogP contribution in [0.4, 0.5) is 0 Å². The molecule has 1 radical (unpaired) electrons. The zero-order valence-electron chi connectivity index (χ0n) is 12.6. The van der Waals surface area contributed by atoms with Gasteiger partial charge >= 0.3 is 0 Å². The zero-order valence-corrected chi connectivity index (χ0v) is 15.5. The summed E-state index contributed by atoms with van der Waals surface area (Å²) in [6.07, 6.45) is 8.54.